The summed E-state index contributed by atoms with van der Waals surface area (Å²) >= 11 is 0. The molecule has 0 rings (SSSR count). The van der Waals surface area contributed by atoms with E-state index in [-0.39, 0.29) is 0 Å². The van der Waals surface area contributed by atoms with E-state index < -0.39 is 0 Å². The molecular formula is C10H15. The summed E-state index contributed by atoms with van der Waals surface area (Å²) in [5, 5.41) is 0. The van der Waals surface area contributed by atoms with Crippen molar-refractivity contribution in [1.29, 1.82) is 0 Å². The number of rotatable bonds is 6. The molecular weight excluding hydrogens is 120 g/mol. The second kappa shape index (κ2) is 8.22. The monoisotopic (exact) mass is 135 g/mol. The van der Waals surface area contributed by atoms with Crippen molar-refractivity contribution in [3.8, 4) is 0 Å². The minimum absolute atomic E-state index is 0.883. The van der Waals surface area contributed by atoms with Gasteiger partial charge in [0.1, 0.15) is 0 Å². The molecule has 10 heavy (non-hydrogen) atoms. The summed E-state index contributed by atoms with van der Waals surface area (Å²) in [4.78, 5) is 0. The van der Waals surface area contributed by atoms with E-state index in [2.05, 4.69) is 18.7 Å². The molecule has 0 heteroatoms. The van der Waals surface area contributed by atoms with Gasteiger partial charge in [0.2, 0.25) is 0 Å². The lowest BCUT2D eigenvalue weighted by Gasteiger charge is -1.87. The van der Waals surface area contributed by atoms with Crippen LogP contribution in [0, 0.1) is 6.58 Å². The van der Waals surface area contributed by atoms with E-state index in [1.165, 1.54) is 6.42 Å². The molecule has 0 aliphatic heterocycles. The predicted octanol–water partition coefficient (Wildman–Crippen LogP) is 3.28. The number of unbranched alkanes of at least 4 members (excludes halogenated alkanes) is 2. The van der Waals surface area contributed by atoms with Crippen molar-refractivity contribution >= 4 is 0 Å². The van der Waals surface area contributed by atoms with Gasteiger partial charge in [0.15, 0.2) is 0 Å². The molecule has 0 saturated heterocycles. The van der Waals surface area contributed by atoms with Crippen LogP contribution in [0.25, 0.3) is 0 Å². The Kier molecular flexibility index (Phi) is 7.58. The fourth-order valence-corrected chi connectivity index (χ4v) is 0.673. The fraction of sp³-hybridized carbons (Fsp3) is 0.400. The van der Waals surface area contributed by atoms with E-state index in [1.54, 1.807) is 6.08 Å². The molecule has 0 fully saturated rings. The van der Waals surface area contributed by atoms with Gasteiger partial charge in [-0.3, -0.25) is 0 Å². The highest BCUT2D eigenvalue weighted by molar-refractivity contribution is 4.87. The van der Waals surface area contributed by atoms with E-state index in [9.17, 15) is 0 Å². The van der Waals surface area contributed by atoms with Crippen molar-refractivity contribution in [2.24, 2.45) is 0 Å². The Morgan fingerprint density at radius 1 is 1.20 bits per heavy atom. The third-order valence-corrected chi connectivity index (χ3v) is 1.22. The van der Waals surface area contributed by atoms with Crippen LogP contribution in [0.3, 0.4) is 0 Å². The van der Waals surface area contributed by atoms with Crippen molar-refractivity contribution in [3.05, 3.63) is 37.5 Å². The molecule has 0 aromatic heterocycles. The van der Waals surface area contributed by atoms with E-state index >= 15 is 0 Å². The number of hydrogen-bond acceptors (Lipinski definition) is 0. The van der Waals surface area contributed by atoms with Crippen LogP contribution in [0.5, 0.6) is 0 Å². The van der Waals surface area contributed by atoms with E-state index in [0.717, 1.165) is 19.3 Å². The fourth-order valence-electron chi connectivity index (χ4n) is 0.673. The van der Waals surface area contributed by atoms with E-state index in [0.29, 0.717) is 0 Å². The first kappa shape index (κ1) is 9.22. The molecule has 0 unspecified atom stereocenters. The average molecular weight is 135 g/mol. The summed E-state index contributed by atoms with van der Waals surface area (Å²) in [5.74, 6) is 0. The van der Waals surface area contributed by atoms with E-state index in [4.69, 9.17) is 6.58 Å². The Hall–Kier alpha value is -0.780. The summed E-state index contributed by atoms with van der Waals surface area (Å²) < 4.78 is 0. The minimum Gasteiger partial charge on any atom is -0.103 e. The molecule has 0 aliphatic rings. The number of hydrogen-bond donors (Lipinski definition) is 0. The third kappa shape index (κ3) is 7.22. The molecule has 0 saturated carbocycles. The van der Waals surface area contributed by atoms with Crippen LogP contribution in [-0.2, 0) is 0 Å². The maximum atomic E-state index is 5.18. The zero-order chi connectivity index (χ0) is 7.66. The molecule has 0 aromatic rings. The standard InChI is InChI=1S/C10H15/c1-3-5-7-9-10-8-6-4-2/h1,3-4,7,9H,2,5-6,8,10H2. The summed E-state index contributed by atoms with van der Waals surface area (Å²) in [6.45, 7) is 8.82. The predicted molar refractivity (Wildman–Crippen MR) is 46.7 cm³/mol. The van der Waals surface area contributed by atoms with Crippen molar-refractivity contribution in [1.82, 2.24) is 0 Å². The summed E-state index contributed by atoms with van der Waals surface area (Å²) in [7, 11) is 0. The third-order valence-electron chi connectivity index (χ3n) is 1.22. The molecule has 55 valence electrons. The summed E-state index contributed by atoms with van der Waals surface area (Å²) in [6, 6.07) is 0. The van der Waals surface area contributed by atoms with Gasteiger partial charge in [0, 0.05) is 0 Å². The molecule has 0 nitrogen and oxygen atoms in total. The zero-order valence-corrected chi connectivity index (χ0v) is 6.42. The van der Waals surface area contributed by atoms with Crippen LogP contribution in [0.4, 0.5) is 0 Å². The van der Waals surface area contributed by atoms with Gasteiger partial charge >= 0.3 is 0 Å². The molecule has 1 radical (unpaired) electrons. The summed E-state index contributed by atoms with van der Waals surface area (Å²) in [5.41, 5.74) is 0. The maximum Gasteiger partial charge on any atom is -0.0166 e. The van der Waals surface area contributed by atoms with Crippen LogP contribution >= 0.6 is 0 Å². The van der Waals surface area contributed by atoms with Gasteiger partial charge in [0.05, 0.1) is 0 Å². The minimum atomic E-state index is 0.883. The van der Waals surface area contributed by atoms with Crippen LogP contribution in [0.2, 0.25) is 0 Å². The lowest BCUT2D eigenvalue weighted by Crippen LogP contribution is -1.67. The largest absolute Gasteiger partial charge is 0.103 e. The Balaban J connectivity index is 3.01. The molecule has 0 atom stereocenters. The van der Waals surface area contributed by atoms with Crippen LogP contribution in [-0.4, -0.2) is 0 Å². The molecule has 0 heterocycles. The number of allylic oxidation sites excluding steroid dienone is 4. The summed E-state index contributed by atoms with van der Waals surface area (Å²) in [6.07, 6.45) is 12.2. The topological polar surface area (TPSA) is 0 Å². The van der Waals surface area contributed by atoms with Gasteiger partial charge < -0.3 is 0 Å². The molecule has 0 N–H and O–H groups in total. The second-order valence-corrected chi connectivity index (χ2v) is 2.16. The van der Waals surface area contributed by atoms with Crippen LogP contribution in [0.1, 0.15) is 25.7 Å². The van der Waals surface area contributed by atoms with Gasteiger partial charge in [-0.2, -0.15) is 0 Å². The first-order chi connectivity index (χ1) is 4.91. The highest BCUT2D eigenvalue weighted by atomic mass is 13.8. The Labute approximate surface area is 64.0 Å². The van der Waals surface area contributed by atoms with Crippen molar-refractivity contribution in [2.45, 2.75) is 25.7 Å². The quantitative estimate of drug-likeness (QED) is 0.387. The SMILES string of the molecule is [CH]=CCC=CCCCC=C. The zero-order valence-electron chi connectivity index (χ0n) is 6.42. The van der Waals surface area contributed by atoms with Crippen molar-refractivity contribution in [2.75, 3.05) is 0 Å². The Morgan fingerprint density at radius 2 is 2.00 bits per heavy atom. The van der Waals surface area contributed by atoms with Gasteiger partial charge in [0.25, 0.3) is 0 Å². The first-order valence-electron chi connectivity index (χ1n) is 3.71. The smallest absolute Gasteiger partial charge is 0.0166 e. The molecule has 0 amide bonds. The normalized spacial score (nSPS) is 10.0. The lowest BCUT2D eigenvalue weighted by molar-refractivity contribution is 0.867. The highest BCUT2D eigenvalue weighted by Gasteiger charge is 1.77. The van der Waals surface area contributed by atoms with Gasteiger partial charge in [-0.1, -0.05) is 30.9 Å². The second-order valence-electron chi connectivity index (χ2n) is 2.16. The van der Waals surface area contributed by atoms with Gasteiger partial charge in [-0.05, 0) is 25.7 Å². The van der Waals surface area contributed by atoms with Gasteiger partial charge in [-0.15, -0.1) is 6.58 Å². The van der Waals surface area contributed by atoms with Crippen molar-refractivity contribution < 1.29 is 0 Å². The average Bonchev–Trinajstić information content (AvgIpc) is 1.97. The maximum absolute atomic E-state index is 5.18. The van der Waals surface area contributed by atoms with Gasteiger partial charge in [-0.25, -0.2) is 0 Å². The van der Waals surface area contributed by atoms with E-state index in [1.807, 2.05) is 6.08 Å². The molecule has 0 aromatic carbocycles. The van der Waals surface area contributed by atoms with Crippen LogP contribution in [0.15, 0.2) is 30.9 Å². The molecule has 0 aliphatic carbocycles. The first-order valence-corrected chi connectivity index (χ1v) is 3.71. The lowest BCUT2D eigenvalue weighted by atomic mass is 10.2. The highest BCUT2D eigenvalue weighted by Crippen LogP contribution is 1.97. The molecule has 0 bridgehead atoms. The van der Waals surface area contributed by atoms with Crippen molar-refractivity contribution in [3.63, 3.8) is 0 Å². The Morgan fingerprint density at radius 3 is 2.60 bits per heavy atom. The molecule has 0 spiro atoms. The Bertz CT molecular complexity index is 109. The van der Waals surface area contributed by atoms with Crippen LogP contribution < -0.4 is 0 Å².